The molecule has 5 rings (SSSR count). The van der Waals surface area contributed by atoms with Crippen molar-refractivity contribution in [2.24, 2.45) is 0 Å². The summed E-state index contributed by atoms with van der Waals surface area (Å²) in [5.41, 5.74) is 2.48. The molecule has 0 unspecified atom stereocenters. The number of aromatic nitrogens is 3. The van der Waals surface area contributed by atoms with Gasteiger partial charge in [-0.2, -0.15) is 5.10 Å². The average Bonchev–Trinajstić information content (AvgIpc) is 3.47. The van der Waals surface area contributed by atoms with Gasteiger partial charge in [-0.05, 0) is 43.4 Å². The minimum absolute atomic E-state index is 0.0202. The molecule has 0 radical (unpaired) electrons. The van der Waals surface area contributed by atoms with E-state index in [-0.39, 0.29) is 22.7 Å². The maximum Gasteiger partial charge on any atom is 0.322 e. The van der Waals surface area contributed by atoms with E-state index in [0.29, 0.717) is 24.5 Å². The maximum absolute atomic E-state index is 12.9. The number of anilines is 1. The SMILES string of the molecule is CNc1cc(COc2ccc(C(=O)N[C@@H]3CN(C)C[C@@H]3c3n[nH]c(=O)s3)cc2)c2ccccc2n1. The number of fused-ring (bicyclic) bond motifs is 1. The molecule has 180 valence electrons. The van der Waals surface area contributed by atoms with Crippen molar-refractivity contribution in [3.8, 4) is 5.75 Å². The number of pyridine rings is 1. The normalized spacial score (nSPS) is 18.0. The third kappa shape index (κ3) is 5.03. The lowest BCUT2D eigenvalue weighted by Gasteiger charge is -2.18. The molecule has 1 fully saturated rings. The molecule has 0 spiro atoms. The number of nitrogens with zero attached hydrogens (tertiary/aromatic N) is 3. The van der Waals surface area contributed by atoms with E-state index in [1.54, 1.807) is 24.3 Å². The first-order valence-electron chi connectivity index (χ1n) is 11.3. The van der Waals surface area contributed by atoms with E-state index in [1.165, 1.54) is 0 Å². The van der Waals surface area contributed by atoms with E-state index < -0.39 is 0 Å². The van der Waals surface area contributed by atoms with Crippen molar-refractivity contribution in [1.29, 1.82) is 0 Å². The van der Waals surface area contributed by atoms with Crippen LogP contribution >= 0.6 is 11.3 Å². The molecule has 10 heteroatoms. The number of H-pyrrole nitrogens is 1. The zero-order valence-electron chi connectivity index (χ0n) is 19.4. The van der Waals surface area contributed by atoms with Gasteiger partial charge in [-0.15, -0.1) is 0 Å². The lowest BCUT2D eigenvalue weighted by molar-refractivity contribution is 0.0935. The number of aromatic amines is 1. The van der Waals surface area contributed by atoms with E-state index in [2.05, 4.69) is 30.7 Å². The maximum atomic E-state index is 12.9. The van der Waals surface area contributed by atoms with Crippen molar-refractivity contribution >= 4 is 34.0 Å². The second-order valence-corrected chi connectivity index (χ2v) is 9.60. The fraction of sp³-hybridized carbons (Fsp3) is 0.280. The molecule has 0 bridgehead atoms. The number of hydrogen-bond acceptors (Lipinski definition) is 8. The third-order valence-electron chi connectivity index (χ3n) is 6.16. The zero-order valence-corrected chi connectivity index (χ0v) is 20.3. The van der Waals surface area contributed by atoms with Gasteiger partial charge >= 0.3 is 4.87 Å². The summed E-state index contributed by atoms with van der Waals surface area (Å²) in [5.74, 6) is 1.28. The van der Waals surface area contributed by atoms with Gasteiger partial charge in [0.15, 0.2) is 0 Å². The molecular formula is C25H26N6O3S. The lowest BCUT2D eigenvalue weighted by atomic mass is 10.0. The minimum atomic E-state index is -0.183. The Kier molecular flexibility index (Phi) is 6.47. The summed E-state index contributed by atoms with van der Waals surface area (Å²) in [6.07, 6.45) is 0. The van der Waals surface area contributed by atoms with Crippen molar-refractivity contribution in [1.82, 2.24) is 25.4 Å². The van der Waals surface area contributed by atoms with Gasteiger partial charge < -0.3 is 20.3 Å². The molecule has 1 aliphatic heterocycles. The van der Waals surface area contributed by atoms with Gasteiger partial charge in [-0.25, -0.2) is 10.1 Å². The van der Waals surface area contributed by atoms with Crippen LogP contribution < -0.4 is 20.2 Å². The van der Waals surface area contributed by atoms with Gasteiger partial charge in [0.25, 0.3) is 5.91 Å². The van der Waals surface area contributed by atoms with Crippen molar-refractivity contribution in [3.63, 3.8) is 0 Å². The molecule has 2 aromatic carbocycles. The molecule has 1 amide bonds. The van der Waals surface area contributed by atoms with Crippen LogP contribution in [-0.4, -0.2) is 59.2 Å². The lowest BCUT2D eigenvalue weighted by Crippen LogP contribution is -2.39. The zero-order chi connectivity index (χ0) is 24.4. The van der Waals surface area contributed by atoms with Crippen LogP contribution in [0.25, 0.3) is 10.9 Å². The van der Waals surface area contributed by atoms with Crippen LogP contribution in [0, 0.1) is 0 Å². The van der Waals surface area contributed by atoms with Crippen LogP contribution in [0.3, 0.4) is 0 Å². The molecule has 2 aromatic heterocycles. The number of rotatable bonds is 7. The number of likely N-dealkylation sites (N-methyl/N-ethyl adjacent to an activating group) is 1. The van der Waals surface area contributed by atoms with Crippen molar-refractivity contribution in [3.05, 3.63) is 80.4 Å². The highest BCUT2D eigenvalue weighted by Crippen LogP contribution is 2.27. The first kappa shape index (κ1) is 23.0. The van der Waals surface area contributed by atoms with Gasteiger partial charge in [0.2, 0.25) is 0 Å². The van der Waals surface area contributed by atoms with Crippen LogP contribution in [-0.2, 0) is 6.61 Å². The molecule has 1 saturated heterocycles. The smallest absolute Gasteiger partial charge is 0.322 e. The molecule has 35 heavy (non-hydrogen) atoms. The number of nitrogens with one attached hydrogen (secondary N) is 3. The molecule has 2 atom stereocenters. The number of amides is 1. The van der Waals surface area contributed by atoms with Gasteiger partial charge in [0.1, 0.15) is 23.2 Å². The first-order chi connectivity index (χ1) is 17.0. The minimum Gasteiger partial charge on any atom is -0.489 e. The summed E-state index contributed by atoms with van der Waals surface area (Å²) >= 11 is 1.10. The Morgan fingerprint density at radius 3 is 2.74 bits per heavy atom. The summed E-state index contributed by atoms with van der Waals surface area (Å²) in [4.78, 5) is 31.0. The number of likely N-dealkylation sites (tertiary alicyclic amines) is 1. The second-order valence-electron chi connectivity index (χ2n) is 8.61. The van der Waals surface area contributed by atoms with Crippen LogP contribution in [0.2, 0.25) is 0 Å². The molecule has 9 nitrogen and oxygen atoms in total. The molecule has 4 aromatic rings. The fourth-order valence-electron chi connectivity index (χ4n) is 4.41. The summed E-state index contributed by atoms with van der Waals surface area (Å²) in [7, 11) is 3.83. The van der Waals surface area contributed by atoms with Crippen LogP contribution in [0.4, 0.5) is 5.82 Å². The van der Waals surface area contributed by atoms with E-state index in [0.717, 1.165) is 45.2 Å². The summed E-state index contributed by atoms with van der Waals surface area (Å²) in [6.45, 7) is 1.81. The Hall–Kier alpha value is -3.76. The van der Waals surface area contributed by atoms with E-state index in [4.69, 9.17) is 4.74 Å². The molecular weight excluding hydrogens is 464 g/mol. The Morgan fingerprint density at radius 2 is 2.00 bits per heavy atom. The Bertz CT molecular complexity index is 1400. The van der Waals surface area contributed by atoms with Gasteiger partial charge in [0.05, 0.1) is 11.6 Å². The monoisotopic (exact) mass is 490 g/mol. The number of para-hydroxylation sites is 1. The fourth-order valence-corrected chi connectivity index (χ4v) is 5.17. The topological polar surface area (TPSA) is 112 Å². The van der Waals surface area contributed by atoms with Crippen molar-refractivity contribution < 1.29 is 9.53 Å². The molecule has 3 N–H and O–H groups in total. The van der Waals surface area contributed by atoms with E-state index in [9.17, 15) is 9.59 Å². The predicted octanol–water partition coefficient (Wildman–Crippen LogP) is 2.83. The average molecular weight is 491 g/mol. The third-order valence-corrected chi connectivity index (χ3v) is 7.04. The number of carbonyl (C=O) groups is 1. The summed E-state index contributed by atoms with van der Waals surface area (Å²) < 4.78 is 6.03. The number of benzene rings is 2. The van der Waals surface area contributed by atoms with Crippen molar-refractivity contribution in [2.45, 2.75) is 18.6 Å². The Labute approximate surface area is 206 Å². The quantitative estimate of drug-likeness (QED) is 0.365. The van der Waals surface area contributed by atoms with Gasteiger partial charge in [-0.3, -0.25) is 9.59 Å². The number of carbonyl (C=O) groups excluding carboxylic acids is 1. The number of hydrogen-bond donors (Lipinski definition) is 3. The van der Waals surface area contributed by atoms with Crippen LogP contribution in [0.1, 0.15) is 26.8 Å². The van der Waals surface area contributed by atoms with E-state index in [1.807, 2.05) is 44.4 Å². The van der Waals surface area contributed by atoms with E-state index >= 15 is 0 Å². The molecule has 3 heterocycles. The summed E-state index contributed by atoms with van der Waals surface area (Å²) in [6, 6.07) is 16.9. The Balaban J connectivity index is 1.25. The van der Waals surface area contributed by atoms with Crippen LogP contribution in [0.15, 0.2) is 59.4 Å². The van der Waals surface area contributed by atoms with Gasteiger partial charge in [-0.1, -0.05) is 29.5 Å². The summed E-state index contributed by atoms with van der Waals surface area (Å²) in [5, 5.41) is 14.6. The highest BCUT2D eigenvalue weighted by atomic mass is 32.1. The standard InChI is InChI=1S/C25H26N6O3S/c1-26-22-11-16(18-5-3-4-6-20(18)27-22)14-34-17-9-7-15(8-10-17)23(32)28-21-13-31(2)12-19(21)24-29-30-25(33)35-24/h3-11,19,21H,12-14H2,1-2H3,(H,26,27)(H,28,32)(H,30,33)/t19-,21+/m0/s1. The largest absolute Gasteiger partial charge is 0.489 e. The first-order valence-corrected chi connectivity index (χ1v) is 12.2. The Morgan fingerprint density at radius 1 is 1.20 bits per heavy atom. The number of ether oxygens (including phenoxy) is 1. The molecule has 0 aliphatic carbocycles. The van der Waals surface area contributed by atoms with Crippen LogP contribution in [0.5, 0.6) is 5.75 Å². The second kappa shape index (κ2) is 9.85. The van der Waals surface area contributed by atoms with Crippen molar-refractivity contribution in [2.75, 3.05) is 32.5 Å². The highest BCUT2D eigenvalue weighted by Gasteiger charge is 2.35. The molecule has 1 aliphatic rings. The van der Waals surface area contributed by atoms with Gasteiger partial charge in [0, 0.05) is 42.6 Å². The molecule has 0 saturated carbocycles. The predicted molar refractivity (Wildman–Crippen MR) is 136 cm³/mol. The highest BCUT2D eigenvalue weighted by molar-refractivity contribution is 7.08.